The normalized spacial score (nSPS) is 21.2. The van der Waals surface area contributed by atoms with Crippen molar-refractivity contribution in [3.8, 4) is 11.1 Å². The number of aromatic nitrogens is 4. The van der Waals surface area contributed by atoms with E-state index in [-0.39, 0.29) is 29.1 Å². The van der Waals surface area contributed by atoms with Gasteiger partial charge in [0.05, 0.1) is 34.7 Å². The van der Waals surface area contributed by atoms with Crippen molar-refractivity contribution in [2.45, 2.75) is 70.1 Å². The number of nitrogens with one attached hydrogen (secondary N) is 1. The molecule has 2 aliphatic heterocycles. The van der Waals surface area contributed by atoms with Gasteiger partial charge in [-0.05, 0) is 80.1 Å². The Morgan fingerprint density at radius 2 is 1.88 bits per heavy atom. The second kappa shape index (κ2) is 11.0. The number of aromatic amines is 1. The first-order valence-corrected chi connectivity index (χ1v) is 17.5. The van der Waals surface area contributed by atoms with Crippen LogP contribution in [0.3, 0.4) is 0 Å². The molecule has 4 aromatic rings. The van der Waals surface area contributed by atoms with Crippen LogP contribution in [0.4, 0.5) is 5.69 Å². The zero-order chi connectivity index (χ0) is 33.5. The number of H-pyrrole nitrogens is 1. The second-order valence-corrected chi connectivity index (χ2v) is 15.0. The van der Waals surface area contributed by atoms with Crippen molar-refractivity contribution in [2.24, 2.45) is 18.4 Å². The minimum atomic E-state index is -0.613. The van der Waals surface area contributed by atoms with Crippen molar-refractivity contribution >= 4 is 50.9 Å². The summed E-state index contributed by atoms with van der Waals surface area (Å²) >= 11 is 0. The molecule has 1 unspecified atom stereocenters. The molecule has 3 amide bonds. The fourth-order valence-electron chi connectivity index (χ4n) is 9.43. The number of carbonyl (C=O) groups is 3. The van der Waals surface area contributed by atoms with Crippen LogP contribution >= 0.6 is 0 Å². The number of carbonyl (C=O) groups excluding carboxylic acids is 3. The minimum Gasteiger partial charge on any atom is -0.349 e. The summed E-state index contributed by atoms with van der Waals surface area (Å²) in [6, 6.07) is 6.49. The van der Waals surface area contributed by atoms with Crippen molar-refractivity contribution in [1.82, 2.24) is 29.5 Å². The number of pyridine rings is 1. The lowest BCUT2D eigenvalue weighted by Crippen LogP contribution is -2.58. The summed E-state index contributed by atoms with van der Waals surface area (Å²) in [7, 11) is 7.50. The van der Waals surface area contributed by atoms with Gasteiger partial charge in [0.25, 0.3) is 0 Å². The maximum absolute atomic E-state index is 14.3. The van der Waals surface area contributed by atoms with Crippen molar-refractivity contribution in [3.63, 3.8) is 0 Å². The minimum absolute atomic E-state index is 0.0184. The number of likely N-dealkylation sites (N-methyl/N-ethyl adjacent to an activating group) is 1. The van der Waals surface area contributed by atoms with E-state index in [1.54, 1.807) is 4.90 Å². The Labute approximate surface area is 281 Å². The van der Waals surface area contributed by atoms with E-state index in [4.69, 9.17) is 4.98 Å². The van der Waals surface area contributed by atoms with Gasteiger partial charge in [-0.3, -0.25) is 19.1 Å². The maximum Gasteiger partial charge on any atom is 0.237 e. The van der Waals surface area contributed by atoms with Gasteiger partial charge in [-0.2, -0.15) is 5.10 Å². The zero-order valence-electron chi connectivity index (χ0n) is 28.7. The number of anilines is 1. The van der Waals surface area contributed by atoms with E-state index in [9.17, 15) is 14.4 Å². The number of allylic oxidation sites excluding steroid dienone is 2. The van der Waals surface area contributed by atoms with Crippen molar-refractivity contribution in [2.75, 3.05) is 39.1 Å². The molecule has 250 valence electrons. The van der Waals surface area contributed by atoms with Crippen molar-refractivity contribution in [3.05, 3.63) is 47.9 Å². The van der Waals surface area contributed by atoms with Crippen LogP contribution in [-0.4, -0.2) is 81.5 Å². The third-order valence-corrected chi connectivity index (χ3v) is 11.9. The molecule has 5 heterocycles. The highest BCUT2D eigenvalue weighted by Crippen LogP contribution is 2.66. The Bertz CT molecular complexity index is 2020. The molecule has 1 saturated heterocycles. The van der Waals surface area contributed by atoms with Gasteiger partial charge in [-0.1, -0.05) is 19.1 Å². The summed E-state index contributed by atoms with van der Waals surface area (Å²) in [6.45, 7) is 3.60. The molecular weight excluding hydrogens is 602 g/mol. The van der Waals surface area contributed by atoms with Crippen LogP contribution in [-0.2, 0) is 26.8 Å². The zero-order valence-corrected chi connectivity index (χ0v) is 28.7. The average molecular weight is 648 g/mol. The van der Waals surface area contributed by atoms with E-state index in [2.05, 4.69) is 41.3 Å². The Hall–Kier alpha value is -4.47. The lowest BCUT2D eigenvalue weighted by molar-refractivity contribution is -0.142. The summed E-state index contributed by atoms with van der Waals surface area (Å²) in [6.07, 6.45) is 13.2. The van der Waals surface area contributed by atoms with Crippen LogP contribution in [0.15, 0.2) is 36.7 Å². The Balaban J connectivity index is 1.25. The average Bonchev–Trinajstić information content (AvgIpc) is 3.71. The van der Waals surface area contributed by atoms with E-state index < -0.39 is 5.41 Å². The molecule has 3 aromatic heterocycles. The molecule has 10 heteroatoms. The van der Waals surface area contributed by atoms with Crippen LogP contribution in [0.2, 0.25) is 0 Å². The van der Waals surface area contributed by atoms with Crippen LogP contribution in [0.25, 0.3) is 38.6 Å². The van der Waals surface area contributed by atoms with Crippen LogP contribution < -0.4 is 4.90 Å². The lowest BCUT2D eigenvalue weighted by Gasteiger charge is -2.57. The molecule has 8 rings (SSSR count). The number of piperidine rings is 1. The van der Waals surface area contributed by atoms with Crippen LogP contribution in [0, 0.1) is 11.3 Å². The van der Waals surface area contributed by atoms with Gasteiger partial charge in [0.2, 0.25) is 17.7 Å². The highest BCUT2D eigenvalue weighted by atomic mass is 16.2. The van der Waals surface area contributed by atoms with Crippen molar-refractivity contribution < 1.29 is 14.4 Å². The molecule has 2 aliphatic carbocycles. The Morgan fingerprint density at radius 1 is 1.10 bits per heavy atom. The van der Waals surface area contributed by atoms with Gasteiger partial charge in [0.1, 0.15) is 5.65 Å². The maximum atomic E-state index is 14.3. The van der Waals surface area contributed by atoms with E-state index in [0.717, 1.165) is 108 Å². The lowest BCUT2D eigenvalue weighted by atomic mass is 9.47. The smallest absolute Gasteiger partial charge is 0.237 e. The number of rotatable bonds is 5. The molecule has 1 N–H and O–H groups in total. The van der Waals surface area contributed by atoms with Gasteiger partial charge in [0.15, 0.2) is 0 Å². The first-order valence-electron chi connectivity index (χ1n) is 17.5. The number of benzene rings is 1. The molecule has 1 aromatic carbocycles. The monoisotopic (exact) mass is 647 g/mol. The first kappa shape index (κ1) is 30.8. The van der Waals surface area contributed by atoms with E-state index in [0.29, 0.717) is 12.8 Å². The fourth-order valence-corrected chi connectivity index (χ4v) is 9.43. The van der Waals surface area contributed by atoms with Crippen LogP contribution in [0.1, 0.15) is 76.0 Å². The molecule has 1 saturated carbocycles. The standard InChI is InChI=1S/C38H45N7O3/c1-6-7-29(46)45-16-14-37(15-17-45)21-38(22-37)32-28(43(4)36(38)48)20-39-34-31(32)30(25-12-13-27-26(18-25)19-40-44(27)5)33(41-34)23-8-10-24(11-9-23)35(47)42(2)3/h8,12-13,18-20,24H,6-7,9-11,14-17,21-22H2,1-5H3,(H,39,41). The number of fused-ring (bicyclic) bond motifs is 5. The van der Waals surface area contributed by atoms with Crippen molar-refractivity contribution in [1.29, 1.82) is 0 Å². The summed E-state index contributed by atoms with van der Waals surface area (Å²) in [5.41, 5.74) is 7.63. The summed E-state index contributed by atoms with van der Waals surface area (Å²) in [5.74, 6) is 0.558. The largest absolute Gasteiger partial charge is 0.349 e. The van der Waals surface area contributed by atoms with Gasteiger partial charge in [0, 0.05) is 75.5 Å². The topological polar surface area (TPSA) is 107 Å². The predicted octanol–water partition coefficient (Wildman–Crippen LogP) is 5.81. The summed E-state index contributed by atoms with van der Waals surface area (Å²) in [5, 5.41) is 6.59. The number of hydrogen-bond donors (Lipinski definition) is 1. The molecule has 0 radical (unpaired) electrons. The molecule has 1 atom stereocenters. The highest BCUT2D eigenvalue weighted by Gasteiger charge is 2.65. The van der Waals surface area contributed by atoms with E-state index in [1.807, 2.05) is 55.1 Å². The number of nitrogens with zero attached hydrogens (tertiary/aromatic N) is 6. The quantitative estimate of drug-likeness (QED) is 0.295. The number of likely N-dealkylation sites (tertiary alicyclic amines) is 1. The molecule has 4 aliphatic rings. The van der Waals surface area contributed by atoms with E-state index >= 15 is 0 Å². The molecular formula is C38H45N7O3. The molecule has 10 nitrogen and oxygen atoms in total. The van der Waals surface area contributed by atoms with Gasteiger partial charge in [-0.25, -0.2) is 4.98 Å². The number of aryl methyl sites for hydroxylation is 1. The second-order valence-electron chi connectivity index (χ2n) is 15.0. The van der Waals surface area contributed by atoms with Gasteiger partial charge >= 0.3 is 0 Å². The number of amides is 3. The predicted molar refractivity (Wildman–Crippen MR) is 187 cm³/mol. The fraction of sp³-hybridized carbons (Fsp3) is 0.500. The molecule has 2 spiro atoms. The van der Waals surface area contributed by atoms with Gasteiger partial charge < -0.3 is 19.7 Å². The summed E-state index contributed by atoms with van der Waals surface area (Å²) in [4.78, 5) is 54.1. The van der Waals surface area contributed by atoms with E-state index in [1.165, 1.54) is 5.57 Å². The summed E-state index contributed by atoms with van der Waals surface area (Å²) < 4.78 is 1.89. The SMILES string of the molecule is CCCC(=O)N1CCC2(CC1)CC1(C2)C(=O)N(C)c2cnc3[nH]c(C4=CCC(C(=O)N(C)C)CC4)c(-c4ccc5c(cnn5C)c4)c3c21. The third kappa shape index (κ3) is 4.47. The molecule has 48 heavy (non-hydrogen) atoms. The molecule has 2 fully saturated rings. The third-order valence-electron chi connectivity index (χ3n) is 11.9. The highest BCUT2D eigenvalue weighted by molar-refractivity contribution is 6.16. The number of hydrogen-bond acceptors (Lipinski definition) is 5. The van der Waals surface area contributed by atoms with Crippen LogP contribution in [0.5, 0.6) is 0 Å². The molecule has 0 bridgehead atoms. The Morgan fingerprint density at radius 3 is 2.56 bits per heavy atom. The first-order chi connectivity index (χ1) is 23.1. The Kier molecular flexibility index (Phi) is 7.09. The van der Waals surface area contributed by atoms with Gasteiger partial charge in [-0.15, -0.1) is 0 Å².